The first-order valence-electron chi connectivity index (χ1n) is 11.7. The van der Waals surface area contributed by atoms with E-state index in [-0.39, 0.29) is 28.3 Å². The molecule has 0 saturated heterocycles. The molecule has 0 fully saturated rings. The number of halogens is 6. The number of para-hydroxylation sites is 1. The lowest BCUT2D eigenvalue weighted by molar-refractivity contribution is -0.143. The zero-order chi connectivity index (χ0) is 27.9. The zero-order valence-electron chi connectivity index (χ0n) is 20.0. The third kappa shape index (κ3) is 3.70. The van der Waals surface area contributed by atoms with Crippen molar-refractivity contribution in [3.05, 3.63) is 101 Å². The van der Waals surface area contributed by atoms with Crippen LogP contribution in [0.4, 0.5) is 26.3 Å². The summed E-state index contributed by atoms with van der Waals surface area (Å²) in [5, 5.41) is 0.958. The summed E-state index contributed by atoms with van der Waals surface area (Å²) in [7, 11) is 1.37. The molecule has 2 amide bonds. The van der Waals surface area contributed by atoms with E-state index < -0.39 is 35.3 Å². The maximum absolute atomic E-state index is 13.6. The summed E-state index contributed by atoms with van der Waals surface area (Å²) in [6.07, 6.45) is -10.00. The number of rotatable bonds is 2. The van der Waals surface area contributed by atoms with Crippen LogP contribution in [0.25, 0.3) is 38.6 Å². The summed E-state index contributed by atoms with van der Waals surface area (Å²) in [6.45, 7) is 0. The number of amides is 2. The minimum atomic E-state index is -5.00. The second kappa shape index (κ2) is 8.20. The predicted molar refractivity (Wildman–Crippen MR) is 133 cm³/mol. The molecule has 0 spiro atoms. The number of benzene rings is 4. The van der Waals surface area contributed by atoms with Gasteiger partial charge in [0.15, 0.2) is 0 Å². The average Bonchev–Trinajstić information content (AvgIpc) is 3.35. The largest absolute Gasteiger partial charge is 0.416 e. The Kier molecular flexibility index (Phi) is 5.20. The molecule has 196 valence electrons. The minimum Gasteiger partial charge on any atom is -0.308 e. The van der Waals surface area contributed by atoms with E-state index in [1.165, 1.54) is 25.2 Å². The maximum atomic E-state index is 13.6. The van der Waals surface area contributed by atoms with E-state index in [2.05, 4.69) is 0 Å². The van der Waals surface area contributed by atoms with Crippen molar-refractivity contribution in [1.82, 2.24) is 9.47 Å². The smallest absolute Gasteiger partial charge is 0.308 e. The Morgan fingerprint density at radius 2 is 1.23 bits per heavy atom. The van der Waals surface area contributed by atoms with Crippen LogP contribution in [0.2, 0.25) is 0 Å². The molecule has 1 aliphatic heterocycles. The molecule has 5 aromatic rings. The molecule has 0 saturated carbocycles. The van der Waals surface area contributed by atoms with Gasteiger partial charge in [-0.25, -0.2) is 0 Å². The molecular formula is C29H16F6N2O2. The van der Waals surface area contributed by atoms with Gasteiger partial charge in [-0.2, -0.15) is 26.3 Å². The van der Waals surface area contributed by atoms with Crippen molar-refractivity contribution in [2.45, 2.75) is 12.4 Å². The molecule has 10 heteroatoms. The number of hydrogen-bond donors (Lipinski definition) is 0. The number of aromatic nitrogens is 1. The second-order valence-electron chi connectivity index (χ2n) is 9.22. The van der Waals surface area contributed by atoms with Crippen LogP contribution in [0.1, 0.15) is 31.8 Å². The van der Waals surface area contributed by atoms with Gasteiger partial charge in [0, 0.05) is 17.8 Å². The molecule has 6 rings (SSSR count). The van der Waals surface area contributed by atoms with Gasteiger partial charge in [0.05, 0.1) is 39.0 Å². The van der Waals surface area contributed by atoms with Crippen molar-refractivity contribution in [2.24, 2.45) is 0 Å². The molecule has 1 aliphatic rings. The van der Waals surface area contributed by atoms with Crippen molar-refractivity contribution in [2.75, 3.05) is 7.05 Å². The SMILES string of the molecule is CN1C(=O)c2cccc(-n3c4ccccc4c4c(-c5cc(C(F)(F)F)cc(C(F)(F)F)c5)cccc43)c2C1=O. The van der Waals surface area contributed by atoms with E-state index in [0.717, 1.165) is 4.90 Å². The standard InChI is InChI=1S/C29H16F6N2O2/c1-36-26(38)20-8-5-11-23(25(20)27(36)39)37-21-9-3-2-6-19(21)24-18(7-4-10-22(24)37)15-12-16(28(30,31)32)14-17(13-15)29(33,34)35/h2-14H,1H3. The first-order chi connectivity index (χ1) is 18.4. The highest BCUT2D eigenvalue weighted by molar-refractivity contribution is 6.24. The van der Waals surface area contributed by atoms with Gasteiger partial charge < -0.3 is 4.57 Å². The van der Waals surface area contributed by atoms with E-state index in [0.29, 0.717) is 39.6 Å². The Morgan fingerprint density at radius 3 is 1.90 bits per heavy atom. The third-order valence-corrected chi connectivity index (χ3v) is 6.93. The van der Waals surface area contributed by atoms with Crippen LogP contribution < -0.4 is 0 Å². The maximum Gasteiger partial charge on any atom is 0.416 e. The van der Waals surface area contributed by atoms with Gasteiger partial charge in [-0.05, 0) is 53.6 Å². The molecule has 4 aromatic carbocycles. The number of nitrogens with zero attached hydrogens (tertiary/aromatic N) is 2. The highest BCUT2D eigenvalue weighted by Gasteiger charge is 2.38. The van der Waals surface area contributed by atoms with E-state index in [1.54, 1.807) is 47.0 Å². The quantitative estimate of drug-likeness (QED) is 0.171. The number of carbonyl (C=O) groups is 2. The minimum absolute atomic E-state index is 0.0965. The van der Waals surface area contributed by atoms with Gasteiger partial charge in [0.25, 0.3) is 11.8 Å². The fraction of sp³-hybridized carbons (Fsp3) is 0.103. The highest BCUT2D eigenvalue weighted by atomic mass is 19.4. The van der Waals surface area contributed by atoms with E-state index >= 15 is 0 Å². The molecule has 0 unspecified atom stereocenters. The molecular weight excluding hydrogens is 522 g/mol. The summed E-state index contributed by atoms with van der Waals surface area (Å²) < 4.78 is 83.5. The molecule has 2 heterocycles. The fourth-order valence-corrected chi connectivity index (χ4v) is 5.20. The summed E-state index contributed by atoms with van der Waals surface area (Å²) in [6, 6.07) is 17.8. The summed E-state index contributed by atoms with van der Waals surface area (Å²) in [5.41, 5.74) is -1.18. The summed E-state index contributed by atoms with van der Waals surface area (Å²) in [5.74, 6) is -0.984. The van der Waals surface area contributed by atoms with Crippen molar-refractivity contribution in [3.63, 3.8) is 0 Å². The lowest BCUT2D eigenvalue weighted by Crippen LogP contribution is -2.24. The van der Waals surface area contributed by atoms with Crippen LogP contribution in [0.5, 0.6) is 0 Å². The molecule has 0 aliphatic carbocycles. The summed E-state index contributed by atoms with van der Waals surface area (Å²) in [4.78, 5) is 26.7. The topological polar surface area (TPSA) is 42.3 Å². The molecule has 39 heavy (non-hydrogen) atoms. The van der Waals surface area contributed by atoms with Crippen molar-refractivity contribution < 1.29 is 35.9 Å². The van der Waals surface area contributed by atoms with Crippen LogP contribution in [0.15, 0.2) is 78.9 Å². The second-order valence-corrected chi connectivity index (χ2v) is 9.22. The predicted octanol–water partition coefficient (Wildman–Crippen LogP) is 7.71. The van der Waals surface area contributed by atoms with Crippen LogP contribution in [0.3, 0.4) is 0 Å². The number of hydrogen-bond acceptors (Lipinski definition) is 2. The Bertz CT molecular complexity index is 1820. The van der Waals surface area contributed by atoms with Crippen molar-refractivity contribution >= 4 is 33.6 Å². The first-order valence-corrected chi connectivity index (χ1v) is 11.7. The lowest BCUT2D eigenvalue weighted by Gasteiger charge is -2.15. The number of imide groups is 1. The normalized spacial score (nSPS) is 14.1. The highest BCUT2D eigenvalue weighted by Crippen LogP contribution is 2.43. The summed E-state index contributed by atoms with van der Waals surface area (Å²) >= 11 is 0. The first kappa shape index (κ1) is 24.7. The van der Waals surface area contributed by atoms with Crippen molar-refractivity contribution in [3.8, 4) is 16.8 Å². The number of alkyl halides is 6. The van der Waals surface area contributed by atoms with E-state index in [1.807, 2.05) is 0 Å². The van der Waals surface area contributed by atoms with Gasteiger partial charge in [-0.15, -0.1) is 0 Å². The van der Waals surface area contributed by atoms with Gasteiger partial charge in [-0.1, -0.05) is 36.4 Å². The number of fused-ring (bicyclic) bond motifs is 4. The molecule has 4 nitrogen and oxygen atoms in total. The van der Waals surface area contributed by atoms with E-state index in [9.17, 15) is 35.9 Å². The van der Waals surface area contributed by atoms with Crippen LogP contribution in [0, 0.1) is 0 Å². The Labute approximate surface area is 216 Å². The Morgan fingerprint density at radius 1 is 0.641 bits per heavy atom. The number of carbonyl (C=O) groups excluding carboxylic acids is 2. The molecule has 0 atom stereocenters. The third-order valence-electron chi connectivity index (χ3n) is 6.93. The average molecular weight is 538 g/mol. The van der Waals surface area contributed by atoms with Crippen LogP contribution in [-0.2, 0) is 12.4 Å². The van der Waals surface area contributed by atoms with E-state index in [4.69, 9.17) is 0 Å². The Balaban J connectivity index is 1.71. The zero-order valence-corrected chi connectivity index (χ0v) is 20.0. The van der Waals surface area contributed by atoms with Crippen LogP contribution >= 0.6 is 0 Å². The molecule has 0 radical (unpaired) electrons. The Hall–Kier alpha value is -4.60. The monoisotopic (exact) mass is 538 g/mol. The molecule has 0 N–H and O–H groups in total. The molecule has 0 bridgehead atoms. The van der Waals surface area contributed by atoms with Gasteiger partial charge in [0.2, 0.25) is 0 Å². The molecule has 1 aromatic heterocycles. The van der Waals surface area contributed by atoms with Gasteiger partial charge in [0.1, 0.15) is 0 Å². The van der Waals surface area contributed by atoms with Crippen molar-refractivity contribution in [1.29, 1.82) is 0 Å². The van der Waals surface area contributed by atoms with Crippen LogP contribution in [-0.4, -0.2) is 28.3 Å². The fourth-order valence-electron chi connectivity index (χ4n) is 5.20. The lowest BCUT2D eigenvalue weighted by atomic mass is 9.95. The van der Waals surface area contributed by atoms with Gasteiger partial charge in [-0.3, -0.25) is 14.5 Å². The van der Waals surface area contributed by atoms with Gasteiger partial charge >= 0.3 is 12.4 Å².